The van der Waals surface area contributed by atoms with E-state index in [0.29, 0.717) is 43.7 Å². The zero-order valence-electron chi connectivity index (χ0n) is 16.2. The maximum Gasteiger partial charge on any atom is 0.287 e. The number of furan rings is 1. The van der Waals surface area contributed by atoms with Gasteiger partial charge in [0.1, 0.15) is 0 Å². The Labute approximate surface area is 173 Å². The molecular weight excluding hydrogens is 406 g/mol. The van der Waals surface area contributed by atoms with E-state index in [1.54, 1.807) is 53.1 Å². The summed E-state index contributed by atoms with van der Waals surface area (Å²) >= 11 is 0. The number of nitrogens with one attached hydrogen (secondary N) is 1. The van der Waals surface area contributed by atoms with Crippen molar-refractivity contribution in [3.8, 4) is 0 Å². The zero-order valence-corrected chi connectivity index (χ0v) is 17.0. The van der Waals surface area contributed by atoms with Crippen molar-refractivity contribution in [3.05, 3.63) is 60.1 Å². The van der Waals surface area contributed by atoms with Gasteiger partial charge in [0, 0.05) is 43.1 Å². The van der Waals surface area contributed by atoms with Gasteiger partial charge in [0.15, 0.2) is 11.3 Å². The second-order valence-corrected chi connectivity index (χ2v) is 9.67. The van der Waals surface area contributed by atoms with Crippen LogP contribution in [0.1, 0.15) is 16.1 Å². The summed E-state index contributed by atoms with van der Waals surface area (Å²) in [6.07, 6.45) is 3.20. The molecule has 1 aromatic carbocycles. The topological polar surface area (TPSA) is 102 Å². The number of hydrogen-bond acceptors (Lipinski definition) is 6. The van der Waals surface area contributed by atoms with Crippen LogP contribution >= 0.6 is 0 Å². The van der Waals surface area contributed by atoms with Gasteiger partial charge in [-0.2, -0.15) is 4.31 Å². The van der Waals surface area contributed by atoms with Gasteiger partial charge >= 0.3 is 0 Å². The Balaban J connectivity index is 1.23. The Hall–Kier alpha value is -2.75. The third kappa shape index (κ3) is 3.49. The molecule has 2 fully saturated rings. The van der Waals surface area contributed by atoms with Crippen molar-refractivity contribution >= 4 is 26.9 Å². The number of amides is 1. The van der Waals surface area contributed by atoms with Crippen molar-refractivity contribution in [3.63, 3.8) is 0 Å². The Morgan fingerprint density at radius 2 is 1.87 bits per heavy atom. The largest absolute Gasteiger partial charge is 0.449 e. The molecule has 2 saturated heterocycles. The van der Waals surface area contributed by atoms with Crippen LogP contribution in [-0.2, 0) is 21.3 Å². The number of aromatic nitrogens is 1. The Bertz CT molecular complexity index is 1140. The van der Waals surface area contributed by atoms with E-state index in [-0.39, 0.29) is 23.1 Å². The summed E-state index contributed by atoms with van der Waals surface area (Å²) < 4.78 is 38.3. The number of sulfonamides is 1. The van der Waals surface area contributed by atoms with Crippen molar-refractivity contribution in [2.45, 2.75) is 11.4 Å². The molecule has 30 heavy (non-hydrogen) atoms. The Morgan fingerprint density at radius 3 is 2.57 bits per heavy atom. The van der Waals surface area contributed by atoms with Gasteiger partial charge in [-0.25, -0.2) is 8.42 Å². The molecule has 2 aliphatic heterocycles. The second-order valence-electron chi connectivity index (χ2n) is 7.73. The van der Waals surface area contributed by atoms with E-state index in [0.717, 1.165) is 10.9 Å². The standard InChI is InChI=1S/C21H21N3O5S/c25-21(19-7-15-5-6-22-9-20(15)29-19)23-8-14-1-3-18(4-2-14)30(26,27)24-10-16-12-28-13-17(16)11-24/h1-7,9,16-17H,8,10-13H2,(H,23,25). The summed E-state index contributed by atoms with van der Waals surface area (Å²) in [6, 6.07) is 10.1. The van der Waals surface area contributed by atoms with Crippen LogP contribution in [0.4, 0.5) is 0 Å². The number of carbonyl (C=O) groups is 1. The number of pyridine rings is 1. The molecule has 156 valence electrons. The molecular formula is C21H21N3O5S. The number of carbonyl (C=O) groups excluding carboxylic acids is 1. The normalized spacial score (nSPS) is 21.7. The minimum atomic E-state index is -3.52. The lowest BCUT2D eigenvalue weighted by Crippen LogP contribution is -2.30. The summed E-state index contributed by atoms with van der Waals surface area (Å²) in [4.78, 5) is 16.6. The first-order chi connectivity index (χ1) is 14.5. The summed E-state index contributed by atoms with van der Waals surface area (Å²) in [7, 11) is -3.52. The summed E-state index contributed by atoms with van der Waals surface area (Å²) in [5.74, 6) is 0.459. The monoisotopic (exact) mass is 427 g/mol. The molecule has 2 unspecified atom stereocenters. The highest BCUT2D eigenvalue weighted by molar-refractivity contribution is 7.89. The van der Waals surface area contributed by atoms with E-state index >= 15 is 0 Å². The van der Waals surface area contributed by atoms with Gasteiger partial charge in [-0.3, -0.25) is 9.78 Å². The lowest BCUT2D eigenvalue weighted by Gasteiger charge is -2.17. The third-order valence-electron chi connectivity index (χ3n) is 5.77. The molecule has 5 rings (SSSR count). The van der Waals surface area contributed by atoms with E-state index < -0.39 is 10.0 Å². The van der Waals surface area contributed by atoms with Gasteiger partial charge < -0.3 is 14.5 Å². The first-order valence-electron chi connectivity index (χ1n) is 9.79. The summed E-state index contributed by atoms with van der Waals surface area (Å²) in [5, 5.41) is 3.60. The lowest BCUT2D eigenvalue weighted by atomic mass is 10.0. The van der Waals surface area contributed by atoms with E-state index in [4.69, 9.17) is 9.15 Å². The highest BCUT2D eigenvalue weighted by atomic mass is 32.2. The molecule has 2 aliphatic rings. The minimum absolute atomic E-state index is 0.209. The van der Waals surface area contributed by atoms with Crippen LogP contribution in [0.25, 0.3) is 11.0 Å². The zero-order chi connectivity index (χ0) is 20.7. The second kappa shape index (κ2) is 7.50. The minimum Gasteiger partial charge on any atom is -0.449 e. The van der Waals surface area contributed by atoms with Crippen LogP contribution in [-0.4, -0.2) is 49.9 Å². The van der Waals surface area contributed by atoms with E-state index in [1.165, 1.54) is 0 Å². The highest BCUT2D eigenvalue weighted by Crippen LogP contribution is 2.32. The van der Waals surface area contributed by atoms with Crippen LogP contribution in [0, 0.1) is 11.8 Å². The van der Waals surface area contributed by atoms with Crippen LogP contribution in [0.2, 0.25) is 0 Å². The molecule has 1 N–H and O–H groups in total. The molecule has 8 nitrogen and oxygen atoms in total. The highest BCUT2D eigenvalue weighted by Gasteiger charge is 2.42. The maximum atomic E-state index is 12.9. The molecule has 1 amide bonds. The number of hydrogen-bond donors (Lipinski definition) is 1. The molecule has 2 aromatic heterocycles. The Morgan fingerprint density at radius 1 is 1.13 bits per heavy atom. The van der Waals surface area contributed by atoms with Crippen LogP contribution in [0.15, 0.2) is 58.1 Å². The van der Waals surface area contributed by atoms with E-state index in [9.17, 15) is 13.2 Å². The van der Waals surface area contributed by atoms with Gasteiger partial charge in [0.25, 0.3) is 5.91 Å². The smallest absolute Gasteiger partial charge is 0.287 e. The number of rotatable bonds is 5. The first kappa shape index (κ1) is 19.2. The average Bonchev–Trinajstić information content (AvgIpc) is 3.46. The molecule has 9 heteroatoms. The predicted octanol–water partition coefficient (Wildman–Crippen LogP) is 2.02. The quantitative estimate of drug-likeness (QED) is 0.669. The van der Waals surface area contributed by atoms with Gasteiger partial charge in [0.05, 0.1) is 24.3 Å². The fourth-order valence-electron chi connectivity index (χ4n) is 4.03. The van der Waals surface area contributed by atoms with Crippen molar-refractivity contribution in [1.29, 1.82) is 0 Å². The molecule has 0 aliphatic carbocycles. The van der Waals surface area contributed by atoms with Crippen molar-refractivity contribution < 1.29 is 22.4 Å². The van der Waals surface area contributed by atoms with Gasteiger partial charge in [-0.1, -0.05) is 12.1 Å². The van der Waals surface area contributed by atoms with Crippen LogP contribution < -0.4 is 5.32 Å². The fraction of sp³-hybridized carbons (Fsp3) is 0.333. The molecule has 0 bridgehead atoms. The van der Waals surface area contributed by atoms with Crippen LogP contribution in [0.3, 0.4) is 0 Å². The third-order valence-corrected chi connectivity index (χ3v) is 7.61. The van der Waals surface area contributed by atoms with Gasteiger partial charge in [-0.15, -0.1) is 0 Å². The summed E-state index contributed by atoms with van der Waals surface area (Å²) in [6.45, 7) is 2.56. The van der Waals surface area contributed by atoms with E-state index in [1.807, 2.05) is 0 Å². The molecule has 0 radical (unpaired) electrons. The molecule has 0 saturated carbocycles. The fourth-order valence-corrected chi connectivity index (χ4v) is 5.59. The number of benzene rings is 1. The SMILES string of the molecule is O=C(NCc1ccc(S(=O)(=O)N2CC3COCC3C2)cc1)c1cc2ccncc2o1. The number of fused-ring (bicyclic) bond motifs is 2. The van der Waals surface area contributed by atoms with Crippen LogP contribution in [0.5, 0.6) is 0 Å². The van der Waals surface area contributed by atoms with Gasteiger partial charge in [-0.05, 0) is 29.8 Å². The van der Waals surface area contributed by atoms with Crippen molar-refractivity contribution in [2.75, 3.05) is 26.3 Å². The molecule has 0 spiro atoms. The number of ether oxygens (including phenoxy) is 1. The first-order valence-corrected chi connectivity index (χ1v) is 11.2. The summed E-state index contributed by atoms with van der Waals surface area (Å²) in [5.41, 5.74) is 1.35. The molecule has 4 heterocycles. The lowest BCUT2D eigenvalue weighted by molar-refractivity contribution is 0.0925. The van der Waals surface area contributed by atoms with Crippen molar-refractivity contribution in [2.24, 2.45) is 11.8 Å². The van der Waals surface area contributed by atoms with Crippen molar-refractivity contribution in [1.82, 2.24) is 14.6 Å². The maximum absolute atomic E-state index is 12.9. The van der Waals surface area contributed by atoms with Gasteiger partial charge in [0.2, 0.25) is 10.0 Å². The number of nitrogens with zero attached hydrogens (tertiary/aromatic N) is 2. The molecule has 2 atom stereocenters. The average molecular weight is 427 g/mol. The van der Waals surface area contributed by atoms with E-state index in [2.05, 4.69) is 10.3 Å². The molecule has 3 aromatic rings. The predicted molar refractivity (Wildman–Crippen MR) is 108 cm³/mol. The Kier molecular flexibility index (Phi) is 4.80.